The molecule has 0 spiro atoms. The number of nitrogens with one attached hydrogen (secondary N) is 2. The van der Waals surface area contributed by atoms with Crippen molar-refractivity contribution in [3.8, 4) is 0 Å². The first-order chi connectivity index (χ1) is 10.9. The number of amides is 1. The Bertz CT molecular complexity index is 709. The Hall–Kier alpha value is -2.31. The highest BCUT2D eigenvalue weighted by Crippen LogP contribution is 2.32. The van der Waals surface area contributed by atoms with Gasteiger partial charge in [0.2, 0.25) is 5.91 Å². The Morgan fingerprint density at radius 1 is 1.35 bits per heavy atom. The van der Waals surface area contributed by atoms with E-state index in [0.717, 1.165) is 30.2 Å². The van der Waals surface area contributed by atoms with Crippen LogP contribution in [-0.4, -0.2) is 22.1 Å². The zero-order valence-corrected chi connectivity index (χ0v) is 12.3. The van der Waals surface area contributed by atoms with Crippen molar-refractivity contribution >= 4 is 5.91 Å². The lowest BCUT2D eigenvalue weighted by atomic mass is 9.93. The molecule has 1 aliphatic rings. The quantitative estimate of drug-likeness (QED) is 0.912. The number of carbonyl (C=O) groups is 1. The normalized spacial score (nSPS) is 17.6. The molecular weight excluding hydrogens is 307 g/mol. The largest absolute Gasteiger partial charge is 0.416 e. The van der Waals surface area contributed by atoms with Crippen LogP contribution < -0.4 is 5.32 Å². The molecule has 4 nitrogen and oxygen atoms in total. The molecule has 0 saturated carbocycles. The third-order valence-corrected chi connectivity index (χ3v) is 4.06. The summed E-state index contributed by atoms with van der Waals surface area (Å²) in [7, 11) is 0. The Morgan fingerprint density at radius 3 is 2.91 bits per heavy atom. The number of aromatic amines is 1. The second-order valence-corrected chi connectivity index (χ2v) is 5.71. The van der Waals surface area contributed by atoms with Crippen LogP contribution in [0.2, 0.25) is 0 Å². The average molecular weight is 323 g/mol. The lowest BCUT2D eigenvalue weighted by Gasteiger charge is -2.23. The van der Waals surface area contributed by atoms with E-state index in [4.69, 9.17) is 0 Å². The fourth-order valence-corrected chi connectivity index (χ4v) is 2.93. The maximum absolute atomic E-state index is 12.9. The minimum Gasteiger partial charge on any atom is -0.353 e. The van der Waals surface area contributed by atoms with E-state index in [0.29, 0.717) is 6.42 Å². The summed E-state index contributed by atoms with van der Waals surface area (Å²) in [5.41, 5.74) is 1.36. The maximum Gasteiger partial charge on any atom is 0.416 e. The molecule has 0 bridgehead atoms. The number of carbonyl (C=O) groups excluding carboxylic acids is 1. The van der Waals surface area contributed by atoms with Crippen LogP contribution in [0.5, 0.6) is 0 Å². The molecule has 1 aromatic heterocycles. The molecule has 0 aliphatic heterocycles. The number of aryl methyl sites for hydroxylation is 1. The molecule has 2 aromatic rings. The zero-order chi connectivity index (χ0) is 16.4. The van der Waals surface area contributed by atoms with E-state index >= 15 is 0 Å². The van der Waals surface area contributed by atoms with Crippen molar-refractivity contribution in [2.75, 3.05) is 0 Å². The number of aromatic nitrogens is 2. The summed E-state index contributed by atoms with van der Waals surface area (Å²) in [5.74, 6) is -0.394. The smallest absolute Gasteiger partial charge is 0.353 e. The molecule has 0 unspecified atom stereocenters. The number of halogens is 3. The molecule has 0 fully saturated rings. The summed E-state index contributed by atoms with van der Waals surface area (Å²) in [6.45, 7) is 0. The zero-order valence-electron chi connectivity index (χ0n) is 12.3. The van der Waals surface area contributed by atoms with Gasteiger partial charge in [0, 0.05) is 18.2 Å². The third-order valence-electron chi connectivity index (χ3n) is 4.06. The number of benzene rings is 1. The first kappa shape index (κ1) is 15.6. The fraction of sp³-hybridized carbons (Fsp3) is 0.375. The van der Waals surface area contributed by atoms with Gasteiger partial charge in [-0.2, -0.15) is 18.3 Å². The van der Waals surface area contributed by atoms with Crippen molar-refractivity contribution in [3.05, 3.63) is 52.8 Å². The number of H-pyrrole nitrogens is 1. The van der Waals surface area contributed by atoms with Gasteiger partial charge in [-0.15, -0.1) is 0 Å². The molecule has 1 aliphatic carbocycles. The van der Waals surface area contributed by atoms with Gasteiger partial charge in [0.15, 0.2) is 0 Å². The Labute approximate surface area is 131 Å². The second kappa shape index (κ2) is 6.06. The molecule has 122 valence electrons. The summed E-state index contributed by atoms with van der Waals surface area (Å²) in [5, 5.41) is 9.67. The predicted octanol–water partition coefficient (Wildman–Crippen LogP) is 2.64. The summed E-state index contributed by atoms with van der Waals surface area (Å²) < 4.78 is 38.8. The third kappa shape index (κ3) is 3.55. The average Bonchev–Trinajstić information content (AvgIpc) is 2.94. The summed E-state index contributed by atoms with van der Waals surface area (Å²) >= 11 is 0. The summed E-state index contributed by atoms with van der Waals surface area (Å²) in [6, 6.07) is 5.10. The van der Waals surface area contributed by atoms with Crippen molar-refractivity contribution in [2.45, 2.75) is 37.9 Å². The van der Waals surface area contributed by atoms with Crippen LogP contribution in [0.25, 0.3) is 0 Å². The minimum atomic E-state index is -4.45. The van der Waals surface area contributed by atoms with Crippen LogP contribution in [0.15, 0.2) is 30.5 Å². The van der Waals surface area contributed by atoms with Crippen LogP contribution in [-0.2, 0) is 30.2 Å². The van der Waals surface area contributed by atoms with E-state index in [9.17, 15) is 18.0 Å². The van der Waals surface area contributed by atoms with Gasteiger partial charge >= 0.3 is 6.18 Å². The minimum absolute atomic E-state index is 0.00413. The first-order valence-corrected chi connectivity index (χ1v) is 7.39. The van der Waals surface area contributed by atoms with E-state index < -0.39 is 17.6 Å². The van der Waals surface area contributed by atoms with Crippen molar-refractivity contribution in [1.82, 2.24) is 15.5 Å². The van der Waals surface area contributed by atoms with E-state index in [-0.39, 0.29) is 18.0 Å². The highest BCUT2D eigenvalue weighted by Gasteiger charge is 2.33. The van der Waals surface area contributed by atoms with Gasteiger partial charge in [-0.1, -0.05) is 18.2 Å². The number of hydrogen-bond donors (Lipinski definition) is 2. The highest BCUT2D eigenvalue weighted by molar-refractivity contribution is 5.79. The van der Waals surface area contributed by atoms with Crippen molar-refractivity contribution < 1.29 is 18.0 Å². The second-order valence-electron chi connectivity index (χ2n) is 5.71. The molecule has 23 heavy (non-hydrogen) atoms. The molecule has 1 amide bonds. The Kier molecular flexibility index (Phi) is 4.11. The Balaban J connectivity index is 1.65. The van der Waals surface area contributed by atoms with Crippen molar-refractivity contribution in [2.24, 2.45) is 0 Å². The van der Waals surface area contributed by atoms with E-state index in [1.807, 2.05) is 0 Å². The number of alkyl halides is 3. The molecule has 3 rings (SSSR count). The van der Waals surface area contributed by atoms with E-state index in [1.165, 1.54) is 18.2 Å². The number of nitrogens with zero attached hydrogens (tertiary/aromatic N) is 1. The molecule has 0 radical (unpaired) electrons. The standard InChI is InChI=1S/C16H16F3N3O/c17-16(18,19)13-4-2-1-3-10(13)7-15(23)21-12-6-5-11-9-20-22-14(11)8-12/h1-4,9,12H,5-8H2,(H,20,22)(H,21,23)/t12-/m0/s1. The van der Waals surface area contributed by atoms with Crippen LogP contribution in [0, 0.1) is 0 Å². The van der Waals surface area contributed by atoms with Crippen LogP contribution in [0.4, 0.5) is 13.2 Å². The molecule has 0 saturated heterocycles. The number of rotatable bonds is 3. The van der Waals surface area contributed by atoms with Crippen molar-refractivity contribution in [3.63, 3.8) is 0 Å². The lowest BCUT2D eigenvalue weighted by Crippen LogP contribution is -2.39. The molecule has 2 N–H and O–H groups in total. The van der Waals surface area contributed by atoms with Gasteiger partial charge in [0.05, 0.1) is 18.2 Å². The van der Waals surface area contributed by atoms with Crippen LogP contribution >= 0.6 is 0 Å². The van der Waals surface area contributed by atoms with Gasteiger partial charge in [-0.05, 0) is 30.0 Å². The van der Waals surface area contributed by atoms with Gasteiger partial charge in [-0.25, -0.2) is 0 Å². The van der Waals surface area contributed by atoms with Gasteiger partial charge in [0.1, 0.15) is 0 Å². The number of fused-ring (bicyclic) bond motifs is 1. The molecule has 1 heterocycles. The first-order valence-electron chi connectivity index (χ1n) is 7.39. The maximum atomic E-state index is 12.9. The molecule has 1 atom stereocenters. The van der Waals surface area contributed by atoms with Crippen LogP contribution in [0.1, 0.15) is 28.8 Å². The summed E-state index contributed by atoms with van der Waals surface area (Å²) in [4.78, 5) is 12.1. The summed E-state index contributed by atoms with van der Waals surface area (Å²) in [6.07, 6.45) is -0.765. The lowest BCUT2D eigenvalue weighted by molar-refractivity contribution is -0.138. The van der Waals surface area contributed by atoms with Gasteiger partial charge in [-0.3, -0.25) is 9.89 Å². The molecular formula is C16H16F3N3O. The van der Waals surface area contributed by atoms with E-state index in [2.05, 4.69) is 15.5 Å². The van der Waals surface area contributed by atoms with Crippen molar-refractivity contribution in [1.29, 1.82) is 0 Å². The van der Waals surface area contributed by atoms with Gasteiger partial charge < -0.3 is 5.32 Å². The highest BCUT2D eigenvalue weighted by atomic mass is 19.4. The molecule has 1 aromatic carbocycles. The topological polar surface area (TPSA) is 57.8 Å². The van der Waals surface area contributed by atoms with Crippen LogP contribution in [0.3, 0.4) is 0 Å². The van der Waals surface area contributed by atoms with E-state index in [1.54, 1.807) is 6.20 Å². The van der Waals surface area contributed by atoms with Gasteiger partial charge in [0.25, 0.3) is 0 Å². The molecule has 7 heteroatoms. The number of hydrogen-bond acceptors (Lipinski definition) is 2. The fourth-order valence-electron chi connectivity index (χ4n) is 2.93. The Morgan fingerprint density at radius 2 is 2.13 bits per heavy atom. The monoisotopic (exact) mass is 323 g/mol. The predicted molar refractivity (Wildman–Crippen MR) is 77.7 cm³/mol. The SMILES string of the molecule is O=C(Cc1ccccc1C(F)(F)F)N[C@H]1CCc2cn[nH]c2C1.